The number of fused-ring (bicyclic) bond motifs is 2. The van der Waals surface area contributed by atoms with Crippen LogP contribution in [0, 0.1) is 13.8 Å². The standard InChI is InChI=1S/C23H20N4/c1-14-5-4-6-18(11-14)23-25-19-9-7-16(12-21(19)26-23)17-8-10-20-22(13-17)27(3)15(2)24-20/h4-13H,1-3H3,(H,25,26). The van der Waals surface area contributed by atoms with Crippen molar-refractivity contribution in [1.29, 1.82) is 0 Å². The Kier molecular flexibility index (Phi) is 3.41. The van der Waals surface area contributed by atoms with Crippen molar-refractivity contribution in [3.63, 3.8) is 0 Å². The van der Waals surface area contributed by atoms with Crippen molar-refractivity contribution in [3.8, 4) is 22.5 Å². The number of benzene rings is 3. The van der Waals surface area contributed by atoms with Crippen LogP contribution in [0.15, 0.2) is 60.7 Å². The largest absolute Gasteiger partial charge is 0.338 e. The lowest BCUT2D eigenvalue weighted by Crippen LogP contribution is -1.90. The van der Waals surface area contributed by atoms with Crippen molar-refractivity contribution < 1.29 is 0 Å². The molecule has 0 saturated carbocycles. The summed E-state index contributed by atoms with van der Waals surface area (Å²) in [5, 5.41) is 0. The van der Waals surface area contributed by atoms with Crippen molar-refractivity contribution in [1.82, 2.24) is 19.5 Å². The van der Waals surface area contributed by atoms with Gasteiger partial charge in [-0.3, -0.25) is 0 Å². The van der Waals surface area contributed by atoms with Gasteiger partial charge in [-0.2, -0.15) is 0 Å². The lowest BCUT2D eigenvalue weighted by atomic mass is 10.0. The number of H-pyrrole nitrogens is 1. The Labute approximate surface area is 157 Å². The number of hydrogen-bond donors (Lipinski definition) is 1. The van der Waals surface area contributed by atoms with E-state index >= 15 is 0 Å². The Morgan fingerprint density at radius 1 is 0.778 bits per heavy atom. The average Bonchev–Trinajstić information content (AvgIpc) is 3.22. The van der Waals surface area contributed by atoms with E-state index in [9.17, 15) is 0 Å². The van der Waals surface area contributed by atoms with Gasteiger partial charge >= 0.3 is 0 Å². The van der Waals surface area contributed by atoms with E-state index in [1.807, 2.05) is 6.92 Å². The Morgan fingerprint density at radius 3 is 2.37 bits per heavy atom. The Bertz CT molecular complexity index is 1310. The van der Waals surface area contributed by atoms with Gasteiger partial charge in [-0.25, -0.2) is 9.97 Å². The fraction of sp³-hybridized carbons (Fsp3) is 0.130. The first-order chi connectivity index (χ1) is 13.1. The van der Waals surface area contributed by atoms with Gasteiger partial charge in [-0.15, -0.1) is 0 Å². The highest BCUT2D eigenvalue weighted by molar-refractivity contribution is 5.87. The van der Waals surface area contributed by atoms with Crippen LogP contribution in [-0.4, -0.2) is 19.5 Å². The van der Waals surface area contributed by atoms with E-state index in [4.69, 9.17) is 4.98 Å². The molecule has 0 aliphatic carbocycles. The molecule has 4 nitrogen and oxygen atoms in total. The Balaban J connectivity index is 1.61. The number of hydrogen-bond acceptors (Lipinski definition) is 2. The molecule has 5 aromatic rings. The zero-order valence-electron chi connectivity index (χ0n) is 15.6. The molecular formula is C23H20N4. The van der Waals surface area contributed by atoms with Gasteiger partial charge in [-0.05, 0) is 55.3 Å². The summed E-state index contributed by atoms with van der Waals surface area (Å²) in [7, 11) is 2.06. The molecule has 0 radical (unpaired) electrons. The highest BCUT2D eigenvalue weighted by atomic mass is 15.0. The molecule has 0 aliphatic rings. The van der Waals surface area contributed by atoms with E-state index in [-0.39, 0.29) is 0 Å². The highest BCUT2D eigenvalue weighted by Crippen LogP contribution is 2.28. The molecule has 4 heteroatoms. The number of aromatic amines is 1. The molecule has 132 valence electrons. The van der Waals surface area contributed by atoms with E-state index in [1.165, 1.54) is 16.7 Å². The Hall–Kier alpha value is -3.40. The maximum atomic E-state index is 4.76. The second-order valence-corrected chi connectivity index (χ2v) is 7.11. The molecular weight excluding hydrogens is 332 g/mol. The molecule has 1 N–H and O–H groups in total. The predicted molar refractivity (Wildman–Crippen MR) is 111 cm³/mol. The van der Waals surface area contributed by atoms with Crippen LogP contribution in [0.25, 0.3) is 44.6 Å². The number of nitrogens with one attached hydrogen (secondary N) is 1. The Morgan fingerprint density at radius 2 is 1.56 bits per heavy atom. The van der Waals surface area contributed by atoms with Gasteiger partial charge in [0.15, 0.2) is 0 Å². The van der Waals surface area contributed by atoms with Crippen molar-refractivity contribution in [3.05, 3.63) is 72.1 Å². The third-order valence-electron chi connectivity index (χ3n) is 5.21. The zero-order valence-corrected chi connectivity index (χ0v) is 15.6. The van der Waals surface area contributed by atoms with Gasteiger partial charge in [0.05, 0.1) is 22.1 Å². The lowest BCUT2D eigenvalue weighted by Gasteiger charge is -2.03. The fourth-order valence-corrected chi connectivity index (χ4v) is 3.61. The summed E-state index contributed by atoms with van der Waals surface area (Å²) in [4.78, 5) is 12.8. The van der Waals surface area contributed by atoms with Crippen LogP contribution in [0.1, 0.15) is 11.4 Å². The van der Waals surface area contributed by atoms with E-state index in [2.05, 4.69) is 89.2 Å². The van der Waals surface area contributed by atoms with Crippen LogP contribution in [-0.2, 0) is 7.05 Å². The first-order valence-corrected chi connectivity index (χ1v) is 9.09. The lowest BCUT2D eigenvalue weighted by molar-refractivity contribution is 0.886. The number of rotatable bonds is 2. The quantitative estimate of drug-likeness (QED) is 0.462. The molecule has 0 saturated heterocycles. The number of aryl methyl sites for hydroxylation is 3. The van der Waals surface area contributed by atoms with E-state index < -0.39 is 0 Å². The predicted octanol–water partition coefficient (Wildman–Crippen LogP) is 5.40. The molecule has 0 bridgehead atoms. The minimum Gasteiger partial charge on any atom is -0.338 e. The maximum Gasteiger partial charge on any atom is 0.138 e. The van der Waals surface area contributed by atoms with Crippen molar-refractivity contribution in [2.75, 3.05) is 0 Å². The number of aromatic nitrogens is 4. The third kappa shape index (κ3) is 2.61. The second kappa shape index (κ2) is 5.81. The molecule has 27 heavy (non-hydrogen) atoms. The number of imidazole rings is 2. The molecule has 3 aromatic carbocycles. The SMILES string of the molecule is Cc1cccc(-c2nc3ccc(-c4ccc5nc(C)n(C)c5c4)cc3[nH]2)c1. The molecule has 2 heterocycles. The summed E-state index contributed by atoms with van der Waals surface area (Å²) >= 11 is 0. The summed E-state index contributed by atoms with van der Waals surface area (Å²) in [5.41, 5.74) is 8.89. The van der Waals surface area contributed by atoms with E-state index in [0.29, 0.717) is 0 Å². The van der Waals surface area contributed by atoms with Gasteiger partial charge in [0, 0.05) is 12.6 Å². The smallest absolute Gasteiger partial charge is 0.138 e. The molecule has 0 spiro atoms. The summed E-state index contributed by atoms with van der Waals surface area (Å²) in [6.07, 6.45) is 0. The van der Waals surface area contributed by atoms with Gasteiger partial charge in [-0.1, -0.05) is 35.9 Å². The van der Waals surface area contributed by atoms with Crippen LogP contribution >= 0.6 is 0 Å². The van der Waals surface area contributed by atoms with Crippen molar-refractivity contribution in [2.24, 2.45) is 7.05 Å². The second-order valence-electron chi connectivity index (χ2n) is 7.11. The zero-order chi connectivity index (χ0) is 18.5. The normalized spacial score (nSPS) is 11.5. The summed E-state index contributed by atoms with van der Waals surface area (Å²) in [5.74, 6) is 1.93. The van der Waals surface area contributed by atoms with Crippen molar-refractivity contribution in [2.45, 2.75) is 13.8 Å². The van der Waals surface area contributed by atoms with Crippen LogP contribution in [0.4, 0.5) is 0 Å². The molecule has 0 atom stereocenters. The molecule has 0 aliphatic heterocycles. The van der Waals surface area contributed by atoms with Crippen LogP contribution < -0.4 is 0 Å². The number of nitrogens with zero attached hydrogens (tertiary/aromatic N) is 3. The van der Waals surface area contributed by atoms with Gasteiger partial charge in [0.2, 0.25) is 0 Å². The van der Waals surface area contributed by atoms with E-state index in [0.717, 1.165) is 39.3 Å². The summed E-state index contributed by atoms with van der Waals surface area (Å²) in [6.45, 7) is 4.13. The maximum absolute atomic E-state index is 4.76. The summed E-state index contributed by atoms with van der Waals surface area (Å²) in [6, 6.07) is 21.2. The third-order valence-corrected chi connectivity index (χ3v) is 5.21. The first-order valence-electron chi connectivity index (χ1n) is 9.09. The molecule has 5 rings (SSSR count). The molecule has 0 unspecified atom stereocenters. The average molecular weight is 352 g/mol. The molecule has 2 aromatic heterocycles. The van der Waals surface area contributed by atoms with Crippen LogP contribution in [0.3, 0.4) is 0 Å². The van der Waals surface area contributed by atoms with Crippen LogP contribution in [0.5, 0.6) is 0 Å². The minimum atomic E-state index is 0.906. The topological polar surface area (TPSA) is 46.5 Å². The fourth-order valence-electron chi connectivity index (χ4n) is 3.61. The van der Waals surface area contributed by atoms with Gasteiger partial charge < -0.3 is 9.55 Å². The molecule has 0 amide bonds. The van der Waals surface area contributed by atoms with Crippen LogP contribution in [0.2, 0.25) is 0 Å². The van der Waals surface area contributed by atoms with E-state index in [1.54, 1.807) is 0 Å². The summed E-state index contributed by atoms with van der Waals surface area (Å²) < 4.78 is 2.13. The van der Waals surface area contributed by atoms with Gasteiger partial charge in [0.1, 0.15) is 11.6 Å². The minimum absolute atomic E-state index is 0.906. The molecule has 0 fully saturated rings. The van der Waals surface area contributed by atoms with Gasteiger partial charge in [0.25, 0.3) is 0 Å². The van der Waals surface area contributed by atoms with Crippen molar-refractivity contribution >= 4 is 22.1 Å². The first kappa shape index (κ1) is 15.8. The highest BCUT2D eigenvalue weighted by Gasteiger charge is 2.09. The monoisotopic (exact) mass is 352 g/mol.